The van der Waals surface area contributed by atoms with Crippen molar-refractivity contribution in [1.82, 2.24) is 0 Å². The Morgan fingerprint density at radius 1 is 1.20 bits per heavy atom. The molecule has 0 aliphatic heterocycles. The van der Waals surface area contributed by atoms with Crippen molar-refractivity contribution < 1.29 is 4.74 Å². The first-order valence-electron chi connectivity index (χ1n) is 6.02. The Hall–Kier alpha value is -1.14. The summed E-state index contributed by atoms with van der Waals surface area (Å²) in [5, 5.41) is 0. The van der Waals surface area contributed by atoms with Gasteiger partial charge in [0.05, 0.1) is 5.69 Å². The van der Waals surface area contributed by atoms with Crippen LogP contribution in [-0.2, 0) is 0 Å². The molecular formula is C16H13BrINO. The SMILES string of the molecule is C=CCOc1cc(I)ccc1/C=N/c1ccc(Br)cc1. The van der Waals surface area contributed by atoms with Gasteiger partial charge in [0.2, 0.25) is 0 Å². The summed E-state index contributed by atoms with van der Waals surface area (Å²) in [6, 6.07) is 13.9. The molecule has 0 aromatic heterocycles. The highest BCUT2D eigenvalue weighted by Gasteiger charge is 2.02. The molecule has 0 amide bonds. The van der Waals surface area contributed by atoms with E-state index in [-0.39, 0.29) is 0 Å². The average molecular weight is 442 g/mol. The molecule has 0 saturated carbocycles. The molecule has 0 N–H and O–H groups in total. The van der Waals surface area contributed by atoms with Crippen molar-refractivity contribution in [2.24, 2.45) is 4.99 Å². The van der Waals surface area contributed by atoms with E-state index < -0.39 is 0 Å². The Kier molecular flexibility index (Phi) is 5.79. The normalized spacial score (nSPS) is 10.7. The van der Waals surface area contributed by atoms with Gasteiger partial charge < -0.3 is 4.74 Å². The second-order valence-electron chi connectivity index (χ2n) is 4.02. The van der Waals surface area contributed by atoms with Gasteiger partial charge >= 0.3 is 0 Å². The van der Waals surface area contributed by atoms with Crippen molar-refractivity contribution >= 4 is 50.4 Å². The minimum Gasteiger partial charge on any atom is -0.489 e. The molecule has 0 radical (unpaired) electrons. The molecule has 0 heterocycles. The first-order chi connectivity index (χ1) is 9.69. The molecule has 0 aliphatic rings. The van der Waals surface area contributed by atoms with Gasteiger partial charge in [0.15, 0.2) is 0 Å². The molecule has 102 valence electrons. The van der Waals surface area contributed by atoms with Crippen LogP contribution in [-0.4, -0.2) is 12.8 Å². The molecule has 0 spiro atoms. The molecule has 2 aromatic carbocycles. The molecule has 2 rings (SSSR count). The molecule has 0 atom stereocenters. The van der Waals surface area contributed by atoms with Crippen molar-refractivity contribution in [1.29, 1.82) is 0 Å². The van der Waals surface area contributed by atoms with E-state index in [1.807, 2.05) is 48.7 Å². The van der Waals surface area contributed by atoms with E-state index in [0.29, 0.717) is 6.61 Å². The maximum atomic E-state index is 5.65. The number of rotatable bonds is 5. The Morgan fingerprint density at radius 3 is 2.65 bits per heavy atom. The Bertz CT molecular complexity index is 623. The zero-order valence-electron chi connectivity index (χ0n) is 10.7. The summed E-state index contributed by atoms with van der Waals surface area (Å²) < 4.78 is 7.82. The second-order valence-corrected chi connectivity index (χ2v) is 6.18. The van der Waals surface area contributed by atoms with Crippen molar-refractivity contribution in [3.8, 4) is 5.75 Å². The first-order valence-corrected chi connectivity index (χ1v) is 7.89. The molecule has 20 heavy (non-hydrogen) atoms. The molecule has 4 heteroatoms. The number of benzene rings is 2. The van der Waals surface area contributed by atoms with Crippen LogP contribution in [0.2, 0.25) is 0 Å². The van der Waals surface area contributed by atoms with Gasteiger partial charge in [-0.15, -0.1) is 0 Å². The zero-order chi connectivity index (χ0) is 14.4. The molecule has 0 fully saturated rings. The van der Waals surface area contributed by atoms with Crippen molar-refractivity contribution in [3.63, 3.8) is 0 Å². The largest absolute Gasteiger partial charge is 0.489 e. The third kappa shape index (κ3) is 4.45. The molecule has 0 aliphatic carbocycles. The van der Waals surface area contributed by atoms with E-state index in [4.69, 9.17) is 4.74 Å². The van der Waals surface area contributed by atoms with Crippen LogP contribution in [0, 0.1) is 3.57 Å². The van der Waals surface area contributed by atoms with Gasteiger partial charge in [-0.05, 0) is 65.1 Å². The van der Waals surface area contributed by atoms with Crippen LogP contribution in [0.1, 0.15) is 5.56 Å². The highest BCUT2D eigenvalue weighted by molar-refractivity contribution is 14.1. The van der Waals surface area contributed by atoms with Crippen LogP contribution < -0.4 is 4.74 Å². The maximum absolute atomic E-state index is 5.65. The third-order valence-corrected chi connectivity index (χ3v) is 3.71. The fourth-order valence-corrected chi connectivity index (χ4v) is 2.29. The van der Waals surface area contributed by atoms with Gasteiger partial charge in [0.1, 0.15) is 12.4 Å². The Balaban J connectivity index is 2.23. The standard InChI is InChI=1S/C16H13BrINO/c1-2-9-20-16-10-14(18)6-3-12(16)11-19-15-7-4-13(17)5-8-15/h2-8,10-11H,1,9H2/b19-11+. The highest BCUT2D eigenvalue weighted by atomic mass is 127. The lowest BCUT2D eigenvalue weighted by atomic mass is 10.2. The van der Waals surface area contributed by atoms with E-state index in [1.165, 1.54) is 0 Å². The predicted octanol–water partition coefficient (Wildman–Crippen LogP) is 5.37. The number of halogens is 2. The lowest BCUT2D eigenvalue weighted by molar-refractivity contribution is 0.362. The number of hydrogen-bond donors (Lipinski definition) is 0. The predicted molar refractivity (Wildman–Crippen MR) is 96.2 cm³/mol. The molecule has 0 saturated heterocycles. The van der Waals surface area contributed by atoms with E-state index in [0.717, 1.165) is 25.0 Å². The van der Waals surface area contributed by atoms with Crippen LogP contribution in [0.15, 0.2) is 64.6 Å². The average Bonchev–Trinajstić information content (AvgIpc) is 2.46. The van der Waals surface area contributed by atoms with Crippen molar-refractivity contribution in [2.45, 2.75) is 0 Å². The second kappa shape index (κ2) is 7.59. The third-order valence-electron chi connectivity index (χ3n) is 2.51. The summed E-state index contributed by atoms with van der Waals surface area (Å²) >= 11 is 5.67. The van der Waals surface area contributed by atoms with E-state index in [1.54, 1.807) is 6.08 Å². The number of aliphatic imine (C=N–C) groups is 1. The zero-order valence-corrected chi connectivity index (χ0v) is 14.5. The summed E-state index contributed by atoms with van der Waals surface area (Å²) in [5.41, 5.74) is 1.86. The number of nitrogens with zero attached hydrogens (tertiary/aromatic N) is 1. The molecule has 2 aromatic rings. The monoisotopic (exact) mass is 441 g/mol. The first kappa shape index (κ1) is 15.3. The van der Waals surface area contributed by atoms with Crippen molar-refractivity contribution in [3.05, 3.63) is 68.7 Å². The summed E-state index contributed by atoms with van der Waals surface area (Å²) in [6.07, 6.45) is 3.55. The summed E-state index contributed by atoms with van der Waals surface area (Å²) in [4.78, 5) is 4.46. The maximum Gasteiger partial charge on any atom is 0.129 e. The Morgan fingerprint density at radius 2 is 1.95 bits per heavy atom. The molecule has 0 bridgehead atoms. The highest BCUT2D eigenvalue weighted by Crippen LogP contribution is 2.22. The van der Waals surface area contributed by atoms with E-state index in [9.17, 15) is 0 Å². The van der Waals surface area contributed by atoms with Gasteiger partial charge in [0, 0.05) is 19.8 Å². The summed E-state index contributed by atoms with van der Waals surface area (Å²) in [6.45, 7) is 4.15. The minimum absolute atomic E-state index is 0.485. The van der Waals surface area contributed by atoms with Crippen molar-refractivity contribution in [2.75, 3.05) is 6.61 Å². The lowest BCUT2D eigenvalue weighted by Gasteiger charge is -2.07. The van der Waals surface area contributed by atoms with E-state index >= 15 is 0 Å². The van der Waals surface area contributed by atoms with Gasteiger partial charge in [-0.25, -0.2) is 0 Å². The van der Waals surface area contributed by atoms with Crippen LogP contribution >= 0.6 is 38.5 Å². The fourth-order valence-electron chi connectivity index (χ4n) is 1.56. The summed E-state index contributed by atoms with van der Waals surface area (Å²) in [7, 11) is 0. The minimum atomic E-state index is 0.485. The smallest absolute Gasteiger partial charge is 0.129 e. The van der Waals surface area contributed by atoms with Crippen LogP contribution in [0.25, 0.3) is 0 Å². The van der Waals surface area contributed by atoms with Gasteiger partial charge in [-0.2, -0.15) is 0 Å². The topological polar surface area (TPSA) is 21.6 Å². The molecular weight excluding hydrogens is 429 g/mol. The fraction of sp³-hybridized carbons (Fsp3) is 0.0625. The van der Waals surface area contributed by atoms with Crippen LogP contribution in [0.5, 0.6) is 5.75 Å². The van der Waals surface area contributed by atoms with Crippen LogP contribution in [0.3, 0.4) is 0 Å². The van der Waals surface area contributed by atoms with Gasteiger partial charge in [-0.3, -0.25) is 4.99 Å². The van der Waals surface area contributed by atoms with Crippen LogP contribution in [0.4, 0.5) is 5.69 Å². The number of ether oxygens (including phenoxy) is 1. The van der Waals surface area contributed by atoms with Gasteiger partial charge in [0.25, 0.3) is 0 Å². The van der Waals surface area contributed by atoms with E-state index in [2.05, 4.69) is 50.1 Å². The quantitative estimate of drug-likeness (QED) is 0.347. The molecule has 0 unspecified atom stereocenters. The lowest BCUT2D eigenvalue weighted by Crippen LogP contribution is -1.97. The summed E-state index contributed by atoms with van der Waals surface area (Å²) in [5.74, 6) is 0.817. The molecule has 2 nitrogen and oxygen atoms in total. The van der Waals surface area contributed by atoms with Gasteiger partial charge in [-0.1, -0.05) is 28.6 Å². The Labute approximate surface area is 140 Å². The number of hydrogen-bond acceptors (Lipinski definition) is 2.